The molecular formula is C55H106O6. The summed E-state index contributed by atoms with van der Waals surface area (Å²) >= 11 is 0. The van der Waals surface area contributed by atoms with Crippen molar-refractivity contribution in [1.82, 2.24) is 0 Å². The van der Waals surface area contributed by atoms with Crippen molar-refractivity contribution in [2.45, 2.75) is 316 Å². The number of unbranched alkanes of at least 4 members (excludes halogenated alkanes) is 37. The SMILES string of the molecule is CCCCCCCCCCCCCCCCCCCCC(=O)OC[C@H](COC(=O)CCCCCCCCCCCCCCC)OC(=O)CCCCCCCCCCCC(C)C. The van der Waals surface area contributed by atoms with Gasteiger partial charge in [-0.1, -0.05) is 272 Å². The molecule has 0 aromatic carbocycles. The van der Waals surface area contributed by atoms with Gasteiger partial charge in [0, 0.05) is 19.3 Å². The summed E-state index contributed by atoms with van der Waals surface area (Å²) < 4.78 is 16.8. The molecule has 0 rings (SSSR count). The maximum absolute atomic E-state index is 12.8. The number of hydrogen-bond donors (Lipinski definition) is 0. The van der Waals surface area contributed by atoms with Crippen LogP contribution in [0.2, 0.25) is 0 Å². The Morgan fingerprint density at radius 2 is 0.541 bits per heavy atom. The molecule has 0 N–H and O–H groups in total. The van der Waals surface area contributed by atoms with Crippen molar-refractivity contribution < 1.29 is 28.6 Å². The van der Waals surface area contributed by atoms with E-state index in [1.165, 1.54) is 205 Å². The topological polar surface area (TPSA) is 78.9 Å². The smallest absolute Gasteiger partial charge is 0.306 e. The molecule has 0 aliphatic rings. The molecule has 0 fully saturated rings. The average Bonchev–Trinajstić information content (AvgIpc) is 3.24. The van der Waals surface area contributed by atoms with Crippen molar-refractivity contribution in [1.29, 1.82) is 0 Å². The van der Waals surface area contributed by atoms with Gasteiger partial charge in [0.25, 0.3) is 0 Å². The van der Waals surface area contributed by atoms with E-state index in [1.807, 2.05) is 0 Å². The van der Waals surface area contributed by atoms with E-state index in [2.05, 4.69) is 27.7 Å². The maximum atomic E-state index is 12.8. The highest BCUT2D eigenvalue weighted by Crippen LogP contribution is 2.17. The molecule has 6 heteroatoms. The molecule has 0 amide bonds. The molecule has 0 unspecified atom stereocenters. The van der Waals surface area contributed by atoms with Crippen LogP contribution in [0.3, 0.4) is 0 Å². The van der Waals surface area contributed by atoms with Gasteiger partial charge < -0.3 is 14.2 Å². The quantitative estimate of drug-likeness (QED) is 0.0344. The molecule has 0 saturated carbocycles. The van der Waals surface area contributed by atoms with Crippen LogP contribution in [-0.2, 0) is 28.6 Å². The molecule has 0 spiro atoms. The third kappa shape index (κ3) is 49.3. The molecule has 0 saturated heterocycles. The number of rotatable bonds is 50. The fraction of sp³-hybridized carbons (Fsp3) is 0.945. The van der Waals surface area contributed by atoms with Crippen molar-refractivity contribution in [3.05, 3.63) is 0 Å². The maximum Gasteiger partial charge on any atom is 0.306 e. The Hall–Kier alpha value is -1.59. The minimum Gasteiger partial charge on any atom is -0.462 e. The Morgan fingerprint density at radius 1 is 0.311 bits per heavy atom. The van der Waals surface area contributed by atoms with Gasteiger partial charge in [-0.2, -0.15) is 0 Å². The van der Waals surface area contributed by atoms with Crippen molar-refractivity contribution >= 4 is 17.9 Å². The molecular weight excluding hydrogens is 757 g/mol. The predicted octanol–water partition coefficient (Wildman–Crippen LogP) is 17.8. The van der Waals surface area contributed by atoms with Gasteiger partial charge in [0.05, 0.1) is 0 Å². The molecule has 0 aromatic rings. The van der Waals surface area contributed by atoms with Crippen LogP contribution in [-0.4, -0.2) is 37.2 Å². The number of ether oxygens (including phenoxy) is 3. The van der Waals surface area contributed by atoms with Gasteiger partial charge in [0.15, 0.2) is 6.10 Å². The van der Waals surface area contributed by atoms with E-state index in [9.17, 15) is 14.4 Å². The van der Waals surface area contributed by atoms with Crippen LogP contribution in [0.25, 0.3) is 0 Å². The van der Waals surface area contributed by atoms with Crippen LogP contribution >= 0.6 is 0 Å². The first-order valence-corrected chi connectivity index (χ1v) is 27.4. The van der Waals surface area contributed by atoms with Crippen LogP contribution in [0.1, 0.15) is 310 Å². The lowest BCUT2D eigenvalue weighted by Gasteiger charge is -2.18. The first kappa shape index (κ1) is 59.4. The monoisotopic (exact) mass is 863 g/mol. The lowest BCUT2D eigenvalue weighted by Crippen LogP contribution is -2.30. The Labute approximate surface area is 380 Å². The average molecular weight is 863 g/mol. The van der Waals surface area contributed by atoms with Crippen molar-refractivity contribution in [3.8, 4) is 0 Å². The van der Waals surface area contributed by atoms with Crippen LogP contribution in [0.5, 0.6) is 0 Å². The molecule has 6 nitrogen and oxygen atoms in total. The molecule has 0 aromatic heterocycles. The summed E-state index contributed by atoms with van der Waals surface area (Å²) in [4.78, 5) is 38.0. The summed E-state index contributed by atoms with van der Waals surface area (Å²) in [5.41, 5.74) is 0. The second-order valence-corrected chi connectivity index (χ2v) is 19.3. The molecule has 1 atom stereocenters. The zero-order chi connectivity index (χ0) is 44.5. The lowest BCUT2D eigenvalue weighted by atomic mass is 10.0. The number of carbonyl (C=O) groups is 3. The number of hydrogen-bond acceptors (Lipinski definition) is 6. The van der Waals surface area contributed by atoms with Crippen LogP contribution in [0, 0.1) is 5.92 Å². The highest BCUT2D eigenvalue weighted by Gasteiger charge is 2.19. The van der Waals surface area contributed by atoms with Crippen molar-refractivity contribution in [3.63, 3.8) is 0 Å². The van der Waals surface area contributed by atoms with Gasteiger partial charge in [-0.15, -0.1) is 0 Å². The largest absolute Gasteiger partial charge is 0.462 e. The van der Waals surface area contributed by atoms with E-state index in [1.54, 1.807) is 0 Å². The highest BCUT2D eigenvalue weighted by molar-refractivity contribution is 5.71. The van der Waals surface area contributed by atoms with Gasteiger partial charge >= 0.3 is 17.9 Å². The van der Waals surface area contributed by atoms with E-state index in [0.717, 1.165) is 63.7 Å². The normalized spacial score (nSPS) is 12.0. The first-order valence-electron chi connectivity index (χ1n) is 27.4. The van der Waals surface area contributed by atoms with E-state index < -0.39 is 6.10 Å². The minimum atomic E-state index is -0.761. The van der Waals surface area contributed by atoms with Crippen molar-refractivity contribution in [2.24, 2.45) is 5.92 Å². The number of carbonyl (C=O) groups excluding carboxylic acids is 3. The highest BCUT2D eigenvalue weighted by atomic mass is 16.6. The summed E-state index contributed by atoms with van der Waals surface area (Å²) in [7, 11) is 0. The lowest BCUT2D eigenvalue weighted by molar-refractivity contribution is -0.167. The predicted molar refractivity (Wildman–Crippen MR) is 261 cm³/mol. The Morgan fingerprint density at radius 3 is 0.803 bits per heavy atom. The molecule has 0 aliphatic heterocycles. The first-order chi connectivity index (χ1) is 29.9. The molecule has 61 heavy (non-hydrogen) atoms. The molecule has 0 aliphatic carbocycles. The van der Waals surface area contributed by atoms with E-state index in [0.29, 0.717) is 19.3 Å². The molecule has 0 radical (unpaired) electrons. The Bertz CT molecular complexity index is 918. The van der Waals surface area contributed by atoms with Gasteiger partial charge in [-0.3, -0.25) is 14.4 Å². The fourth-order valence-electron chi connectivity index (χ4n) is 8.39. The van der Waals surface area contributed by atoms with Crippen LogP contribution < -0.4 is 0 Å². The Balaban J connectivity index is 4.26. The Kier molecular flexibility index (Phi) is 48.1. The van der Waals surface area contributed by atoms with E-state index >= 15 is 0 Å². The summed E-state index contributed by atoms with van der Waals surface area (Å²) in [6, 6.07) is 0. The van der Waals surface area contributed by atoms with Crippen molar-refractivity contribution in [2.75, 3.05) is 13.2 Å². The van der Waals surface area contributed by atoms with Gasteiger partial charge in [-0.05, 0) is 25.2 Å². The van der Waals surface area contributed by atoms with Gasteiger partial charge in [0.1, 0.15) is 13.2 Å². The zero-order valence-electron chi connectivity index (χ0n) is 41.6. The zero-order valence-corrected chi connectivity index (χ0v) is 41.6. The van der Waals surface area contributed by atoms with Gasteiger partial charge in [-0.25, -0.2) is 0 Å². The minimum absolute atomic E-state index is 0.0627. The standard InChI is InChI=1S/C55H106O6/c1-5-7-9-11-13-15-17-19-20-21-22-23-25-27-31-35-39-43-47-54(57)60-50-52(61-55(58)48-44-40-36-32-28-29-33-37-41-45-51(3)4)49-59-53(56)46-42-38-34-30-26-24-18-16-14-12-10-8-6-2/h51-52H,5-50H2,1-4H3/t52-/m0/s1. The molecule has 362 valence electrons. The summed E-state index contributed by atoms with van der Waals surface area (Å²) in [6.45, 7) is 9.02. The second-order valence-electron chi connectivity index (χ2n) is 19.3. The third-order valence-corrected chi connectivity index (χ3v) is 12.5. The summed E-state index contributed by atoms with van der Waals surface area (Å²) in [5.74, 6) is -0.0359. The number of esters is 3. The second kappa shape index (κ2) is 49.4. The van der Waals surface area contributed by atoms with E-state index in [4.69, 9.17) is 14.2 Å². The fourth-order valence-corrected chi connectivity index (χ4v) is 8.39. The van der Waals surface area contributed by atoms with E-state index in [-0.39, 0.29) is 31.1 Å². The summed E-state index contributed by atoms with van der Waals surface area (Å²) in [5, 5.41) is 0. The van der Waals surface area contributed by atoms with Gasteiger partial charge in [0.2, 0.25) is 0 Å². The third-order valence-electron chi connectivity index (χ3n) is 12.5. The molecule has 0 bridgehead atoms. The summed E-state index contributed by atoms with van der Waals surface area (Å²) in [6.07, 6.45) is 52.4. The van der Waals surface area contributed by atoms with Crippen LogP contribution in [0.15, 0.2) is 0 Å². The van der Waals surface area contributed by atoms with Crippen LogP contribution in [0.4, 0.5) is 0 Å². The molecule has 0 heterocycles.